The number of ether oxygens (including phenoxy) is 1. The molecule has 20 heavy (non-hydrogen) atoms. The number of carbonyl (C=O) groups excluding carboxylic acids is 1. The molecule has 2 aromatic rings. The fourth-order valence-electron chi connectivity index (χ4n) is 2.63. The van der Waals surface area contributed by atoms with Crippen molar-refractivity contribution in [1.82, 2.24) is 9.88 Å². The Kier molecular flexibility index (Phi) is 3.65. The number of aromatic nitrogens is 1. The molecule has 1 aliphatic rings. The van der Waals surface area contributed by atoms with E-state index in [1.807, 2.05) is 35.2 Å². The Morgan fingerprint density at radius 1 is 1.30 bits per heavy atom. The number of benzene rings is 1. The first-order valence-corrected chi connectivity index (χ1v) is 7.00. The Morgan fingerprint density at radius 3 is 3.05 bits per heavy atom. The Labute approximate surface area is 118 Å². The number of carbonyl (C=O) groups is 1. The van der Waals surface area contributed by atoms with Gasteiger partial charge in [-0.25, -0.2) is 0 Å². The number of pyridine rings is 1. The standard InChI is InChI=1S/C16H18N2O2/c1-12-7-10-20-11-9-18(12)16(19)14-6-2-4-13-5-3-8-17-15(13)14/h2-6,8,12H,7,9-11H2,1H3. The number of hydrogen-bond acceptors (Lipinski definition) is 3. The monoisotopic (exact) mass is 270 g/mol. The normalized spacial score (nSPS) is 19.9. The Bertz CT molecular complexity index is 621. The SMILES string of the molecule is CC1CCOCCN1C(=O)c1cccc2cccnc12. The van der Waals surface area contributed by atoms with E-state index in [4.69, 9.17) is 4.74 Å². The average molecular weight is 270 g/mol. The molecule has 0 spiro atoms. The smallest absolute Gasteiger partial charge is 0.256 e. The Morgan fingerprint density at radius 2 is 2.15 bits per heavy atom. The molecule has 1 saturated heterocycles. The number of hydrogen-bond donors (Lipinski definition) is 0. The second-order valence-corrected chi connectivity index (χ2v) is 5.13. The zero-order chi connectivity index (χ0) is 13.9. The van der Waals surface area contributed by atoms with E-state index >= 15 is 0 Å². The summed E-state index contributed by atoms with van der Waals surface area (Å²) in [5, 5.41) is 0.997. The van der Waals surface area contributed by atoms with Crippen LogP contribution in [0.25, 0.3) is 10.9 Å². The third kappa shape index (κ3) is 2.39. The summed E-state index contributed by atoms with van der Waals surface area (Å²) in [6.45, 7) is 4.04. The highest BCUT2D eigenvalue weighted by Crippen LogP contribution is 2.20. The molecule has 3 rings (SSSR count). The minimum Gasteiger partial charge on any atom is -0.380 e. The maximum absolute atomic E-state index is 12.8. The summed E-state index contributed by atoms with van der Waals surface area (Å²) in [4.78, 5) is 19.1. The summed E-state index contributed by atoms with van der Waals surface area (Å²) < 4.78 is 5.46. The van der Waals surface area contributed by atoms with Crippen LogP contribution in [0.4, 0.5) is 0 Å². The van der Waals surface area contributed by atoms with E-state index in [1.165, 1.54) is 0 Å². The first kappa shape index (κ1) is 13.1. The predicted octanol–water partition coefficient (Wildman–Crippen LogP) is 2.49. The van der Waals surface area contributed by atoms with Crippen LogP contribution in [0.2, 0.25) is 0 Å². The minimum absolute atomic E-state index is 0.0484. The molecular weight excluding hydrogens is 252 g/mol. The van der Waals surface area contributed by atoms with Gasteiger partial charge in [-0.1, -0.05) is 18.2 Å². The highest BCUT2D eigenvalue weighted by Gasteiger charge is 2.24. The number of para-hydroxylation sites is 1. The number of amides is 1. The molecule has 1 aromatic carbocycles. The van der Waals surface area contributed by atoms with E-state index < -0.39 is 0 Å². The van der Waals surface area contributed by atoms with Gasteiger partial charge in [-0.2, -0.15) is 0 Å². The van der Waals surface area contributed by atoms with Crippen LogP contribution in [0, 0.1) is 0 Å². The maximum atomic E-state index is 12.8. The maximum Gasteiger partial charge on any atom is 0.256 e. The van der Waals surface area contributed by atoms with Gasteiger partial charge in [0.25, 0.3) is 5.91 Å². The lowest BCUT2D eigenvalue weighted by Crippen LogP contribution is -2.39. The first-order chi connectivity index (χ1) is 9.77. The molecule has 1 unspecified atom stereocenters. The molecule has 104 valence electrons. The lowest BCUT2D eigenvalue weighted by atomic mass is 10.1. The van der Waals surface area contributed by atoms with Gasteiger partial charge < -0.3 is 9.64 Å². The third-order valence-corrected chi connectivity index (χ3v) is 3.81. The van der Waals surface area contributed by atoms with E-state index in [9.17, 15) is 4.79 Å². The fraction of sp³-hybridized carbons (Fsp3) is 0.375. The Balaban J connectivity index is 1.99. The topological polar surface area (TPSA) is 42.4 Å². The highest BCUT2D eigenvalue weighted by molar-refractivity contribution is 6.05. The van der Waals surface area contributed by atoms with E-state index in [0.717, 1.165) is 23.9 Å². The van der Waals surface area contributed by atoms with Gasteiger partial charge in [0, 0.05) is 30.8 Å². The molecule has 1 aliphatic heterocycles. The molecule has 2 heterocycles. The van der Waals surface area contributed by atoms with Crippen LogP contribution in [0.1, 0.15) is 23.7 Å². The van der Waals surface area contributed by atoms with Crippen molar-refractivity contribution in [2.24, 2.45) is 0 Å². The lowest BCUT2D eigenvalue weighted by molar-refractivity contribution is 0.0689. The summed E-state index contributed by atoms with van der Waals surface area (Å²) >= 11 is 0. The quantitative estimate of drug-likeness (QED) is 0.799. The summed E-state index contributed by atoms with van der Waals surface area (Å²) in [5.74, 6) is 0.0484. The molecule has 0 aliphatic carbocycles. The summed E-state index contributed by atoms with van der Waals surface area (Å²) in [6.07, 6.45) is 2.61. The van der Waals surface area contributed by atoms with E-state index in [0.29, 0.717) is 18.7 Å². The lowest BCUT2D eigenvalue weighted by Gasteiger charge is -2.26. The summed E-state index contributed by atoms with van der Waals surface area (Å²) in [7, 11) is 0. The molecular formula is C16H18N2O2. The van der Waals surface area contributed by atoms with Crippen molar-refractivity contribution in [3.63, 3.8) is 0 Å². The molecule has 0 bridgehead atoms. The van der Waals surface area contributed by atoms with Gasteiger partial charge in [0.05, 0.1) is 17.7 Å². The van der Waals surface area contributed by atoms with Crippen LogP contribution in [0.5, 0.6) is 0 Å². The van der Waals surface area contributed by atoms with Crippen molar-refractivity contribution in [3.05, 3.63) is 42.1 Å². The highest BCUT2D eigenvalue weighted by atomic mass is 16.5. The van der Waals surface area contributed by atoms with Gasteiger partial charge in [0.1, 0.15) is 0 Å². The molecule has 4 nitrogen and oxygen atoms in total. The number of rotatable bonds is 1. The van der Waals surface area contributed by atoms with Crippen LogP contribution in [0.15, 0.2) is 36.5 Å². The Hall–Kier alpha value is -1.94. The van der Waals surface area contributed by atoms with Crippen LogP contribution in [-0.4, -0.2) is 41.6 Å². The van der Waals surface area contributed by atoms with E-state index in [1.54, 1.807) is 6.20 Å². The predicted molar refractivity (Wildman–Crippen MR) is 77.7 cm³/mol. The second-order valence-electron chi connectivity index (χ2n) is 5.13. The largest absolute Gasteiger partial charge is 0.380 e. The summed E-state index contributed by atoms with van der Waals surface area (Å²) in [6, 6.07) is 9.82. The zero-order valence-electron chi connectivity index (χ0n) is 11.6. The van der Waals surface area contributed by atoms with Crippen molar-refractivity contribution in [3.8, 4) is 0 Å². The van der Waals surface area contributed by atoms with Crippen LogP contribution in [-0.2, 0) is 4.74 Å². The van der Waals surface area contributed by atoms with E-state index in [2.05, 4.69) is 11.9 Å². The zero-order valence-corrected chi connectivity index (χ0v) is 11.6. The molecule has 0 saturated carbocycles. The minimum atomic E-state index is 0.0484. The van der Waals surface area contributed by atoms with Gasteiger partial charge in [0.2, 0.25) is 0 Å². The van der Waals surface area contributed by atoms with Gasteiger partial charge in [-0.05, 0) is 25.5 Å². The van der Waals surface area contributed by atoms with Crippen LogP contribution >= 0.6 is 0 Å². The van der Waals surface area contributed by atoms with Crippen molar-refractivity contribution in [1.29, 1.82) is 0 Å². The molecule has 1 aromatic heterocycles. The van der Waals surface area contributed by atoms with Crippen LogP contribution < -0.4 is 0 Å². The molecule has 4 heteroatoms. The fourth-order valence-corrected chi connectivity index (χ4v) is 2.63. The molecule has 1 amide bonds. The molecule has 1 atom stereocenters. The summed E-state index contributed by atoms with van der Waals surface area (Å²) in [5.41, 5.74) is 1.45. The molecule has 1 fully saturated rings. The second kappa shape index (κ2) is 5.59. The van der Waals surface area contributed by atoms with Crippen LogP contribution in [0.3, 0.4) is 0 Å². The van der Waals surface area contributed by atoms with E-state index in [-0.39, 0.29) is 11.9 Å². The number of nitrogens with zero attached hydrogens (tertiary/aromatic N) is 2. The number of fused-ring (bicyclic) bond motifs is 1. The van der Waals surface area contributed by atoms with Crippen molar-refractivity contribution < 1.29 is 9.53 Å². The van der Waals surface area contributed by atoms with Gasteiger partial charge in [0.15, 0.2) is 0 Å². The van der Waals surface area contributed by atoms with Crippen molar-refractivity contribution in [2.75, 3.05) is 19.8 Å². The first-order valence-electron chi connectivity index (χ1n) is 7.00. The molecule has 0 radical (unpaired) electrons. The third-order valence-electron chi connectivity index (χ3n) is 3.81. The van der Waals surface area contributed by atoms with Crippen molar-refractivity contribution >= 4 is 16.8 Å². The van der Waals surface area contributed by atoms with Gasteiger partial charge >= 0.3 is 0 Å². The van der Waals surface area contributed by atoms with Gasteiger partial charge in [-0.3, -0.25) is 9.78 Å². The van der Waals surface area contributed by atoms with Gasteiger partial charge in [-0.15, -0.1) is 0 Å². The molecule has 0 N–H and O–H groups in total. The van der Waals surface area contributed by atoms with Crippen molar-refractivity contribution in [2.45, 2.75) is 19.4 Å². The average Bonchev–Trinajstić information content (AvgIpc) is 2.70.